The van der Waals surface area contributed by atoms with E-state index in [0.717, 1.165) is 0 Å². The standard InChI is InChI=1S/C9H17N3O5S/c1-9(7(13)14)2-4-12(6-9)8(15)11-3-5-18(10,16)17/h2-6H2,1H3,(H,11,15)(H,13,14)(H2,10,16,17). The average molecular weight is 279 g/mol. The van der Waals surface area contributed by atoms with Gasteiger partial charge in [0, 0.05) is 19.6 Å². The minimum Gasteiger partial charge on any atom is -0.481 e. The fraction of sp³-hybridized carbons (Fsp3) is 0.778. The van der Waals surface area contributed by atoms with Crippen LogP contribution in [0.1, 0.15) is 13.3 Å². The summed E-state index contributed by atoms with van der Waals surface area (Å²) >= 11 is 0. The summed E-state index contributed by atoms with van der Waals surface area (Å²) < 4.78 is 21.3. The number of carbonyl (C=O) groups is 2. The number of hydrogen-bond donors (Lipinski definition) is 3. The minimum atomic E-state index is -3.61. The number of hydrogen-bond acceptors (Lipinski definition) is 4. The first-order chi connectivity index (χ1) is 8.14. The Bertz CT molecular complexity index is 449. The van der Waals surface area contributed by atoms with Crippen LogP contribution in [0.3, 0.4) is 0 Å². The van der Waals surface area contributed by atoms with Crippen LogP contribution in [0, 0.1) is 5.41 Å². The lowest BCUT2D eigenvalue weighted by Gasteiger charge is -2.20. The monoisotopic (exact) mass is 279 g/mol. The molecule has 0 aromatic heterocycles. The molecular formula is C9H17N3O5S. The summed E-state index contributed by atoms with van der Waals surface area (Å²) in [5, 5.41) is 16.2. The van der Waals surface area contributed by atoms with Gasteiger partial charge in [0.2, 0.25) is 10.0 Å². The van der Waals surface area contributed by atoms with Crippen LogP contribution in [0.15, 0.2) is 0 Å². The molecule has 1 unspecified atom stereocenters. The lowest BCUT2D eigenvalue weighted by atomic mass is 9.90. The number of carboxylic acid groups (broad SMARTS) is 1. The molecular weight excluding hydrogens is 262 g/mol. The maximum absolute atomic E-state index is 11.6. The van der Waals surface area contributed by atoms with E-state index >= 15 is 0 Å². The quantitative estimate of drug-likeness (QED) is 0.594. The van der Waals surface area contributed by atoms with E-state index in [2.05, 4.69) is 5.32 Å². The number of aliphatic carboxylic acids is 1. The third-order valence-electron chi connectivity index (χ3n) is 2.94. The Morgan fingerprint density at radius 2 is 2.11 bits per heavy atom. The van der Waals surface area contributed by atoms with E-state index in [4.69, 9.17) is 10.2 Å². The Morgan fingerprint density at radius 1 is 1.50 bits per heavy atom. The largest absolute Gasteiger partial charge is 0.481 e. The maximum atomic E-state index is 11.6. The second-order valence-corrected chi connectivity index (χ2v) is 6.37. The summed E-state index contributed by atoms with van der Waals surface area (Å²) in [5.74, 6) is -1.29. The van der Waals surface area contributed by atoms with Gasteiger partial charge in [-0.1, -0.05) is 0 Å². The Morgan fingerprint density at radius 3 is 2.56 bits per heavy atom. The Kier molecular flexibility index (Phi) is 4.17. The number of rotatable bonds is 4. The van der Waals surface area contributed by atoms with E-state index in [1.165, 1.54) is 4.90 Å². The lowest BCUT2D eigenvalue weighted by molar-refractivity contribution is -0.146. The first kappa shape index (κ1) is 14.7. The van der Waals surface area contributed by atoms with Crippen molar-refractivity contribution in [2.75, 3.05) is 25.4 Å². The number of nitrogens with zero attached hydrogens (tertiary/aromatic N) is 1. The van der Waals surface area contributed by atoms with Crippen LogP contribution in [-0.4, -0.2) is 55.8 Å². The zero-order chi connectivity index (χ0) is 14.0. The minimum absolute atomic E-state index is 0.0854. The van der Waals surface area contributed by atoms with Gasteiger partial charge >= 0.3 is 12.0 Å². The average Bonchev–Trinajstić information content (AvgIpc) is 2.60. The molecule has 0 aliphatic carbocycles. The number of urea groups is 1. The number of sulfonamides is 1. The molecule has 1 atom stereocenters. The molecule has 18 heavy (non-hydrogen) atoms. The number of nitrogens with two attached hydrogens (primary N) is 1. The predicted molar refractivity (Wildman–Crippen MR) is 63.3 cm³/mol. The Labute approximate surface area is 105 Å². The number of primary sulfonamides is 1. The van der Waals surface area contributed by atoms with Gasteiger partial charge in [-0.2, -0.15) is 0 Å². The molecule has 4 N–H and O–H groups in total. The molecule has 8 nitrogen and oxygen atoms in total. The molecule has 0 saturated carbocycles. The number of amides is 2. The SMILES string of the molecule is CC1(C(=O)O)CCN(C(=O)NCCS(N)(=O)=O)C1. The molecule has 104 valence electrons. The highest BCUT2D eigenvalue weighted by Gasteiger charge is 2.42. The van der Waals surface area contributed by atoms with Crippen molar-refractivity contribution >= 4 is 22.0 Å². The van der Waals surface area contributed by atoms with Crippen molar-refractivity contribution < 1.29 is 23.1 Å². The summed E-state index contributed by atoms with van der Waals surface area (Å²) in [7, 11) is -3.61. The van der Waals surface area contributed by atoms with Crippen LogP contribution < -0.4 is 10.5 Å². The smallest absolute Gasteiger partial charge is 0.317 e. The van der Waals surface area contributed by atoms with E-state index in [9.17, 15) is 18.0 Å². The van der Waals surface area contributed by atoms with Gasteiger partial charge in [0.15, 0.2) is 0 Å². The molecule has 1 aliphatic rings. The molecule has 1 heterocycles. The van der Waals surface area contributed by atoms with Gasteiger partial charge in [-0.25, -0.2) is 18.4 Å². The van der Waals surface area contributed by atoms with E-state index in [1.54, 1.807) is 6.92 Å². The fourth-order valence-electron chi connectivity index (χ4n) is 1.72. The molecule has 2 amide bonds. The molecule has 1 saturated heterocycles. The Balaban J connectivity index is 2.44. The normalized spacial score (nSPS) is 24.0. The number of carbonyl (C=O) groups excluding carboxylic acids is 1. The van der Waals surface area contributed by atoms with Crippen molar-refractivity contribution in [3.05, 3.63) is 0 Å². The molecule has 1 rings (SSSR count). The highest BCUT2D eigenvalue weighted by molar-refractivity contribution is 7.89. The topological polar surface area (TPSA) is 130 Å². The van der Waals surface area contributed by atoms with Crippen LogP contribution in [-0.2, 0) is 14.8 Å². The van der Waals surface area contributed by atoms with Gasteiger partial charge in [0.25, 0.3) is 0 Å². The van der Waals surface area contributed by atoms with Crippen molar-refractivity contribution in [1.29, 1.82) is 0 Å². The van der Waals surface area contributed by atoms with E-state index in [0.29, 0.717) is 13.0 Å². The van der Waals surface area contributed by atoms with Gasteiger partial charge < -0.3 is 15.3 Å². The second kappa shape index (κ2) is 5.11. The lowest BCUT2D eigenvalue weighted by Crippen LogP contribution is -2.42. The molecule has 0 aromatic carbocycles. The maximum Gasteiger partial charge on any atom is 0.317 e. The molecule has 0 radical (unpaired) electrons. The van der Waals surface area contributed by atoms with Crippen molar-refractivity contribution in [3.8, 4) is 0 Å². The van der Waals surface area contributed by atoms with Crippen LogP contribution in [0.4, 0.5) is 4.79 Å². The number of nitrogens with one attached hydrogen (secondary N) is 1. The van der Waals surface area contributed by atoms with Gasteiger partial charge in [0.05, 0.1) is 11.2 Å². The van der Waals surface area contributed by atoms with Crippen LogP contribution in [0.5, 0.6) is 0 Å². The molecule has 0 spiro atoms. The van der Waals surface area contributed by atoms with E-state index in [1.807, 2.05) is 0 Å². The first-order valence-electron chi connectivity index (χ1n) is 5.41. The van der Waals surface area contributed by atoms with Gasteiger partial charge in [0.1, 0.15) is 0 Å². The fourth-order valence-corrected chi connectivity index (χ4v) is 2.11. The zero-order valence-electron chi connectivity index (χ0n) is 10.0. The molecule has 9 heteroatoms. The summed E-state index contributed by atoms with van der Waals surface area (Å²) in [6.45, 7) is 1.94. The summed E-state index contributed by atoms with van der Waals surface area (Å²) in [4.78, 5) is 24.0. The van der Waals surface area contributed by atoms with E-state index in [-0.39, 0.29) is 18.8 Å². The van der Waals surface area contributed by atoms with Crippen LogP contribution >= 0.6 is 0 Å². The van der Waals surface area contributed by atoms with Crippen LogP contribution in [0.25, 0.3) is 0 Å². The third-order valence-corrected chi connectivity index (χ3v) is 3.71. The van der Waals surface area contributed by atoms with Crippen molar-refractivity contribution in [2.45, 2.75) is 13.3 Å². The molecule has 0 aromatic rings. The molecule has 0 bridgehead atoms. The second-order valence-electron chi connectivity index (χ2n) is 4.64. The predicted octanol–water partition coefficient (Wildman–Crippen LogP) is -1.22. The summed E-state index contributed by atoms with van der Waals surface area (Å²) in [6, 6.07) is -0.469. The van der Waals surface area contributed by atoms with E-state index < -0.39 is 27.4 Å². The number of likely N-dealkylation sites (tertiary alicyclic amines) is 1. The first-order valence-corrected chi connectivity index (χ1v) is 7.12. The summed E-state index contributed by atoms with van der Waals surface area (Å²) in [5.41, 5.74) is -0.933. The highest BCUT2D eigenvalue weighted by atomic mass is 32.2. The molecule has 1 aliphatic heterocycles. The zero-order valence-corrected chi connectivity index (χ0v) is 10.9. The Hall–Kier alpha value is -1.35. The van der Waals surface area contributed by atoms with Gasteiger partial charge in [-0.05, 0) is 13.3 Å². The van der Waals surface area contributed by atoms with Gasteiger partial charge in [-0.3, -0.25) is 4.79 Å². The van der Waals surface area contributed by atoms with Crippen molar-refractivity contribution in [3.63, 3.8) is 0 Å². The van der Waals surface area contributed by atoms with Crippen molar-refractivity contribution in [1.82, 2.24) is 10.2 Å². The highest BCUT2D eigenvalue weighted by Crippen LogP contribution is 2.29. The molecule has 1 fully saturated rings. The number of carboxylic acids is 1. The summed E-state index contributed by atoms with van der Waals surface area (Å²) in [6.07, 6.45) is 0.380. The third kappa shape index (κ3) is 3.84. The van der Waals surface area contributed by atoms with Crippen molar-refractivity contribution in [2.24, 2.45) is 10.6 Å². The van der Waals surface area contributed by atoms with Crippen LogP contribution in [0.2, 0.25) is 0 Å². The van der Waals surface area contributed by atoms with Gasteiger partial charge in [-0.15, -0.1) is 0 Å².